The minimum atomic E-state index is -0.646. The Balaban J connectivity index is 2.39. The van der Waals surface area contributed by atoms with Crippen LogP contribution in [0.25, 0.3) is 6.08 Å². The summed E-state index contributed by atoms with van der Waals surface area (Å²) < 4.78 is 11.3. The maximum atomic E-state index is 12.8. The van der Waals surface area contributed by atoms with Crippen LogP contribution in [0.2, 0.25) is 0 Å². The molecule has 0 aliphatic carbocycles. The minimum absolute atomic E-state index is 0.0488. The normalized spacial score (nSPS) is 10.7. The number of thiophene rings is 1. The van der Waals surface area contributed by atoms with Gasteiger partial charge in [-0.3, -0.25) is 4.79 Å². The number of benzene rings is 1. The summed E-state index contributed by atoms with van der Waals surface area (Å²) in [5.41, 5.74) is 1.38. The third kappa shape index (κ3) is 5.50. The lowest BCUT2D eigenvalue weighted by molar-refractivity contribution is -0.112. The molecule has 1 N–H and O–H groups in total. The maximum Gasteiger partial charge on any atom is 0.341 e. The molecule has 8 heteroatoms. The van der Waals surface area contributed by atoms with E-state index in [1.54, 1.807) is 32.0 Å². The van der Waals surface area contributed by atoms with Gasteiger partial charge >= 0.3 is 5.97 Å². The number of carbonyl (C=O) groups is 2. The predicted octanol–water partition coefficient (Wildman–Crippen LogP) is 4.86. The van der Waals surface area contributed by atoms with Crippen molar-refractivity contribution in [2.45, 2.75) is 20.8 Å². The van der Waals surface area contributed by atoms with E-state index in [-0.39, 0.29) is 18.8 Å². The second-order valence-electron chi connectivity index (χ2n) is 6.01. The molecule has 0 spiro atoms. The number of hydrogen-bond acceptors (Lipinski definition) is 6. The molecule has 154 valence electrons. The summed E-state index contributed by atoms with van der Waals surface area (Å²) >= 11 is 4.61. The lowest BCUT2D eigenvalue weighted by Crippen LogP contribution is -2.16. The van der Waals surface area contributed by atoms with Gasteiger partial charge in [0.2, 0.25) is 0 Å². The highest BCUT2D eigenvalue weighted by atomic mass is 79.9. The number of nitriles is 1. The van der Waals surface area contributed by atoms with E-state index in [4.69, 9.17) is 15.9 Å². The van der Waals surface area contributed by atoms with Gasteiger partial charge in [0.05, 0.1) is 12.2 Å². The monoisotopic (exact) mass is 486 g/mol. The van der Waals surface area contributed by atoms with E-state index in [2.05, 4.69) is 27.2 Å². The number of hydrogen-bond donors (Lipinski definition) is 1. The molecular weight excluding hydrogens is 468 g/mol. The molecule has 2 aromatic rings. The molecular formula is C22H19BrN2O4S. The van der Waals surface area contributed by atoms with Crippen LogP contribution in [0.5, 0.6) is 5.75 Å². The van der Waals surface area contributed by atoms with Gasteiger partial charge in [-0.2, -0.15) is 5.26 Å². The summed E-state index contributed by atoms with van der Waals surface area (Å²) in [5.74, 6) is 1.65. The highest BCUT2D eigenvalue weighted by Crippen LogP contribution is 2.33. The first kappa shape index (κ1) is 23.2. The first-order valence-electron chi connectivity index (χ1n) is 8.88. The van der Waals surface area contributed by atoms with Crippen molar-refractivity contribution in [3.8, 4) is 24.2 Å². The second kappa shape index (κ2) is 10.6. The average molecular weight is 487 g/mol. The van der Waals surface area contributed by atoms with E-state index in [0.29, 0.717) is 21.9 Å². The molecule has 0 aliphatic heterocycles. The van der Waals surface area contributed by atoms with E-state index in [1.807, 2.05) is 13.0 Å². The van der Waals surface area contributed by atoms with Gasteiger partial charge in [-0.25, -0.2) is 4.79 Å². The van der Waals surface area contributed by atoms with Crippen molar-refractivity contribution in [1.29, 1.82) is 5.26 Å². The van der Waals surface area contributed by atoms with Crippen LogP contribution in [-0.4, -0.2) is 25.1 Å². The molecule has 0 fully saturated rings. The van der Waals surface area contributed by atoms with Crippen molar-refractivity contribution >= 4 is 50.2 Å². The fourth-order valence-electron chi connectivity index (χ4n) is 2.52. The maximum absolute atomic E-state index is 12.8. The number of carbonyl (C=O) groups excluding carboxylic acids is 2. The van der Waals surface area contributed by atoms with Crippen LogP contribution in [0, 0.1) is 37.5 Å². The van der Waals surface area contributed by atoms with E-state index in [1.165, 1.54) is 17.4 Å². The van der Waals surface area contributed by atoms with Crippen LogP contribution in [0.3, 0.4) is 0 Å². The summed E-state index contributed by atoms with van der Waals surface area (Å²) in [6, 6.07) is 7.05. The van der Waals surface area contributed by atoms with Crippen LogP contribution in [0.4, 0.5) is 5.00 Å². The van der Waals surface area contributed by atoms with Crippen molar-refractivity contribution in [3.05, 3.63) is 49.8 Å². The molecule has 0 radical (unpaired) electrons. The Labute approximate surface area is 187 Å². The lowest BCUT2D eigenvalue weighted by Gasteiger charge is -2.09. The summed E-state index contributed by atoms with van der Waals surface area (Å²) in [6.07, 6.45) is 6.65. The first-order chi connectivity index (χ1) is 14.3. The molecule has 1 heterocycles. The summed E-state index contributed by atoms with van der Waals surface area (Å²) in [6.45, 7) is 5.60. The number of esters is 1. The molecule has 0 saturated carbocycles. The van der Waals surface area contributed by atoms with Crippen molar-refractivity contribution in [3.63, 3.8) is 0 Å². The smallest absolute Gasteiger partial charge is 0.341 e. The number of anilines is 1. The van der Waals surface area contributed by atoms with Gasteiger partial charge in [-0.1, -0.05) is 21.9 Å². The van der Waals surface area contributed by atoms with Gasteiger partial charge in [0, 0.05) is 14.9 Å². The zero-order valence-electron chi connectivity index (χ0n) is 16.7. The Kier molecular flexibility index (Phi) is 8.23. The van der Waals surface area contributed by atoms with Crippen LogP contribution in [-0.2, 0) is 9.53 Å². The third-order valence-electron chi connectivity index (χ3n) is 4.04. The highest BCUT2D eigenvalue weighted by molar-refractivity contribution is 9.10. The van der Waals surface area contributed by atoms with E-state index in [9.17, 15) is 14.9 Å². The Morgan fingerprint density at radius 3 is 2.73 bits per heavy atom. The molecule has 0 unspecified atom stereocenters. The predicted molar refractivity (Wildman–Crippen MR) is 120 cm³/mol. The van der Waals surface area contributed by atoms with Crippen LogP contribution in [0.15, 0.2) is 28.2 Å². The lowest BCUT2D eigenvalue weighted by atomic mass is 10.1. The van der Waals surface area contributed by atoms with Gasteiger partial charge in [-0.15, -0.1) is 17.8 Å². The number of halogens is 1. The summed E-state index contributed by atoms with van der Waals surface area (Å²) in [5, 5.41) is 12.5. The van der Waals surface area contributed by atoms with Gasteiger partial charge in [0.1, 0.15) is 29.0 Å². The van der Waals surface area contributed by atoms with E-state index < -0.39 is 11.9 Å². The van der Waals surface area contributed by atoms with Crippen LogP contribution >= 0.6 is 27.3 Å². The Hall–Kier alpha value is -3.07. The quantitative estimate of drug-likeness (QED) is 0.261. The Morgan fingerprint density at radius 1 is 1.37 bits per heavy atom. The summed E-state index contributed by atoms with van der Waals surface area (Å²) in [4.78, 5) is 26.0. The molecule has 30 heavy (non-hydrogen) atoms. The van der Waals surface area contributed by atoms with Crippen molar-refractivity contribution in [2.75, 3.05) is 18.5 Å². The number of aryl methyl sites for hydroxylation is 1. The van der Waals surface area contributed by atoms with Gasteiger partial charge < -0.3 is 14.8 Å². The number of amides is 1. The largest absolute Gasteiger partial charge is 0.480 e. The van der Waals surface area contributed by atoms with Crippen LogP contribution in [0.1, 0.15) is 33.3 Å². The van der Waals surface area contributed by atoms with Gasteiger partial charge in [0.15, 0.2) is 0 Å². The number of terminal acetylenes is 1. The van der Waals surface area contributed by atoms with Crippen molar-refractivity contribution < 1.29 is 19.1 Å². The Morgan fingerprint density at radius 2 is 2.10 bits per heavy atom. The third-order valence-corrected chi connectivity index (χ3v) is 5.66. The summed E-state index contributed by atoms with van der Waals surface area (Å²) in [7, 11) is 0. The van der Waals surface area contributed by atoms with Gasteiger partial charge in [-0.05, 0) is 50.6 Å². The number of nitrogens with zero attached hydrogens (tertiary/aromatic N) is 1. The molecule has 1 aromatic carbocycles. The molecule has 1 amide bonds. The average Bonchev–Trinajstić information content (AvgIpc) is 2.98. The molecule has 1 aromatic heterocycles. The van der Waals surface area contributed by atoms with Crippen molar-refractivity contribution in [2.24, 2.45) is 0 Å². The number of nitrogens with one attached hydrogen (secondary N) is 1. The van der Waals surface area contributed by atoms with E-state index >= 15 is 0 Å². The standard InChI is InChI=1S/C22H19BrN2O4S/c1-5-9-29-18-8-7-17(23)11-15(18)10-16(12-24)20(26)25-21-19(22(27)28-6-2)13(3)14(4)30-21/h1,7-8,10-11H,6,9H2,2-4H3,(H,25,26)/b16-10+. The molecule has 2 rings (SSSR count). The second-order valence-corrected chi connectivity index (χ2v) is 8.15. The SMILES string of the molecule is C#CCOc1ccc(Br)cc1/C=C(\C#N)C(=O)Nc1sc(C)c(C)c1C(=O)OCC. The van der Waals surface area contributed by atoms with Gasteiger partial charge in [0.25, 0.3) is 5.91 Å². The molecule has 6 nitrogen and oxygen atoms in total. The fraction of sp³-hybridized carbons (Fsp3) is 0.227. The zero-order valence-corrected chi connectivity index (χ0v) is 19.1. The Bertz CT molecular complexity index is 1090. The van der Waals surface area contributed by atoms with E-state index in [0.717, 1.165) is 14.9 Å². The highest BCUT2D eigenvalue weighted by Gasteiger charge is 2.23. The minimum Gasteiger partial charge on any atom is -0.480 e. The number of rotatable bonds is 7. The first-order valence-corrected chi connectivity index (χ1v) is 10.5. The topological polar surface area (TPSA) is 88.4 Å². The van der Waals surface area contributed by atoms with Crippen LogP contribution < -0.4 is 10.1 Å². The van der Waals surface area contributed by atoms with Crippen molar-refractivity contribution in [1.82, 2.24) is 0 Å². The molecule has 0 saturated heterocycles. The molecule has 0 bridgehead atoms. The number of ether oxygens (including phenoxy) is 2. The fourth-order valence-corrected chi connectivity index (χ4v) is 3.94. The molecule has 0 aliphatic rings. The zero-order chi connectivity index (χ0) is 22.3. The molecule has 0 atom stereocenters.